The van der Waals surface area contributed by atoms with Crippen molar-refractivity contribution in [1.29, 1.82) is 0 Å². The van der Waals surface area contributed by atoms with Gasteiger partial charge in [-0.2, -0.15) is 11.8 Å². The average Bonchev–Trinajstić information content (AvgIpc) is 2.25. The van der Waals surface area contributed by atoms with Crippen LogP contribution in [0.2, 0.25) is 0 Å². The van der Waals surface area contributed by atoms with E-state index in [4.69, 9.17) is 5.73 Å². The highest BCUT2D eigenvalue weighted by molar-refractivity contribution is 7.99. The van der Waals surface area contributed by atoms with Crippen LogP contribution in [0.1, 0.15) is 47.5 Å². The van der Waals surface area contributed by atoms with E-state index >= 15 is 0 Å². The summed E-state index contributed by atoms with van der Waals surface area (Å²) < 4.78 is 0. The molecule has 2 unspecified atom stereocenters. The highest BCUT2D eigenvalue weighted by Gasteiger charge is 2.43. The summed E-state index contributed by atoms with van der Waals surface area (Å²) in [7, 11) is 2.28. The summed E-state index contributed by atoms with van der Waals surface area (Å²) in [5, 5.41) is 0. The second kappa shape index (κ2) is 6.15. The number of hydrogen-bond acceptors (Lipinski definition) is 3. The predicted octanol–water partition coefficient (Wildman–Crippen LogP) is 3.21. The Labute approximate surface area is 118 Å². The predicted molar refractivity (Wildman–Crippen MR) is 84.2 cm³/mol. The molecule has 0 radical (unpaired) electrons. The highest BCUT2D eigenvalue weighted by Crippen LogP contribution is 2.42. The van der Waals surface area contributed by atoms with Crippen molar-refractivity contribution in [3.05, 3.63) is 0 Å². The number of nitrogens with zero attached hydrogens (tertiary/aromatic N) is 1. The van der Waals surface area contributed by atoms with Crippen LogP contribution in [0.25, 0.3) is 0 Å². The second-order valence-corrected chi connectivity index (χ2v) is 8.34. The van der Waals surface area contributed by atoms with Gasteiger partial charge in [-0.3, -0.25) is 4.90 Å². The molecule has 0 aromatic carbocycles. The van der Waals surface area contributed by atoms with Crippen LogP contribution in [-0.2, 0) is 0 Å². The molecule has 1 aliphatic rings. The lowest BCUT2D eigenvalue weighted by Gasteiger charge is -2.51. The van der Waals surface area contributed by atoms with Gasteiger partial charge in [-0.05, 0) is 43.9 Å². The summed E-state index contributed by atoms with van der Waals surface area (Å²) in [5.74, 6) is 3.20. The summed E-state index contributed by atoms with van der Waals surface area (Å²) in [6, 6.07) is 0.614. The Kier molecular flexibility index (Phi) is 5.58. The van der Waals surface area contributed by atoms with Gasteiger partial charge in [0.2, 0.25) is 0 Å². The van der Waals surface area contributed by atoms with Crippen molar-refractivity contribution in [2.75, 3.05) is 25.1 Å². The van der Waals surface area contributed by atoms with Crippen LogP contribution in [-0.4, -0.2) is 41.6 Å². The van der Waals surface area contributed by atoms with Gasteiger partial charge in [0.05, 0.1) is 0 Å². The van der Waals surface area contributed by atoms with Gasteiger partial charge in [-0.1, -0.05) is 27.7 Å². The topological polar surface area (TPSA) is 29.3 Å². The molecule has 1 rings (SSSR count). The average molecular weight is 273 g/mol. The first-order valence-electron chi connectivity index (χ1n) is 7.23. The lowest BCUT2D eigenvalue weighted by Crippen LogP contribution is -2.61. The van der Waals surface area contributed by atoms with E-state index in [9.17, 15) is 0 Å². The maximum atomic E-state index is 6.17. The lowest BCUT2D eigenvalue weighted by molar-refractivity contribution is 0.0534. The third-order valence-electron chi connectivity index (χ3n) is 4.27. The zero-order chi connectivity index (χ0) is 14.0. The van der Waals surface area contributed by atoms with Gasteiger partial charge in [-0.15, -0.1) is 0 Å². The van der Waals surface area contributed by atoms with E-state index in [1.807, 2.05) is 0 Å². The van der Waals surface area contributed by atoms with Crippen LogP contribution >= 0.6 is 11.8 Å². The summed E-state index contributed by atoms with van der Waals surface area (Å²) in [6.07, 6.45) is 2.48. The minimum absolute atomic E-state index is 0.195. The minimum Gasteiger partial charge on any atom is -0.329 e. The number of nitrogens with two attached hydrogens (primary N) is 1. The van der Waals surface area contributed by atoms with E-state index in [1.54, 1.807) is 0 Å². The van der Waals surface area contributed by atoms with E-state index in [-0.39, 0.29) is 5.54 Å². The molecule has 0 bridgehead atoms. The summed E-state index contributed by atoms with van der Waals surface area (Å²) in [5.41, 5.74) is 6.78. The Bertz CT molecular complexity index is 265. The molecule has 3 heteroatoms. The van der Waals surface area contributed by atoms with Crippen molar-refractivity contribution < 1.29 is 0 Å². The van der Waals surface area contributed by atoms with Crippen LogP contribution in [0.3, 0.4) is 0 Å². The Morgan fingerprint density at radius 1 is 1.22 bits per heavy atom. The van der Waals surface area contributed by atoms with E-state index in [2.05, 4.69) is 58.3 Å². The van der Waals surface area contributed by atoms with Gasteiger partial charge in [-0.25, -0.2) is 0 Å². The Hall–Kier alpha value is 0.270. The molecule has 2 atom stereocenters. The molecule has 1 aliphatic heterocycles. The number of rotatable bonds is 5. The Morgan fingerprint density at radius 2 is 1.83 bits per heavy atom. The molecule has 108 valence electrons. The highest BCUT2D eigenvalue weighted by atomic mass is 32.2. The molecular formula is C15H32N2S. The quantitative estimate of drug-likeness (QED) is 0.833. The zero-order valence-electron chi connectivity index (χ0n) is 13.1. The van der Waals surface area contributed by atoms with Crippen molar-refractivity contribution in [3.8, 4) is 0 Å². The first-order valence-corrected chi connectivity index (χ1v) is 8.39. The fraction of sp³-hybridized carbons (Fsp3) is 1.00. The largest absolute Gasteiger partial charge is 0.329 e. The summed E-state index contributed by atoms with van der Waals surface area (Å²) >= 11 is 2.08. The standard InChI is InChI=1S/C15H32N2S/c1-12(2)7-13(3)17(6)15(9-16)8-14(4,5)10-18-11-15/h12-13H,7-11,16H2,1-6H3. The first kappa shape index (κ1) is 16.3. The third-order valence-corrected chi connectivity index (χ3v) is 6.00. The molecule has 0 aliphatic carbocycles. The third kappa shape index (κ3) is 3.88. The molecule has 1 fully saturated rings. The fourth-order valence-corrected chi connectivity index (χ4v) is 4.88. The van der Waals surface area contributed by atoms with Crippen molar-refractivity contribution in [3.63, 3.8) is 0 Å². The SMILES string of the molecule is CC(C)CC(C)N(C)C1(CN)CSCC(C)(C)C1. The Morgan fingerprint density at radius 3 is 2.28 bits per heavy atom. The Balaban J connectivity index is 2.80. The van der Waals surface area contributed by atoms with Gasteiger partial charge in [0.1, 0.15) is 0 Å². The van der Waals surface area contributed by atoms with Crippen molar-refractivity contribution >= 4 is 11.8 Å². The van der Waals surface area contributed by atoms with Gasteiger partial charge in [0.15, 0.2) is 0 Å². The molecule has 0 aromatic heterocycles. The van der Waals surface area contributed by atoms with Gasteiger partial charge in [0.25, 0.3) is 0 Å². The number of thioether (sulfide) groups is 1. The van der Waals surface area contributed by atoms with E-state index in [0.29, 0.717) is 11.5 Å². The van der Waals surface area contributed by atoms with Crippen LogP contribution in [0, 0.1) is 11.3 Å². The van der Waals surface area contributed by atoms with Crippen molar-refractivity contribution in [2.45, 2.75) is 59.0 Å². The molecule has 0 spiro atoms. The normalized spacial score (nSPS) is 29.8. The van der Waals surface area contributed by atoms with Gasteiger partial charge < -0.3 is 5.73 Å². The molecule has 2 nitrogen and oxygen atoms in total. The monoisotopic (exact) mass is 272 g/mol. The fourth-order valence-electron chi connectivity index (χ4n) is 3.32. The summed E-state index contributed by atoms with van der Waals surface area (Å²) in [4.78, 5) is 2.57. The van der Waals surface area contributed by atoms with E-state index in [1.165, 1.54) is 24.3 Å². The number of likely N-dealkylation sites (N-methyl/N-ethyl adjacent to an activating group) is 1. The molecule has 2 N–H and O–H groups in total. The molecule has 18 heavy (non-hydrogen) atoms. The molecule has 0 saturated carbocycles. The van der Waals surface area contributed by atoms with Crippen LogP contribution in [0.5, 0.6) is 0 Å². The van der Waals surface area contributed by atoms with Crippen LogP contribution < -0.4 is 5.73 Å². The minimum atomic E-state index is 0.195. The van der Waals surface area contributed by atoms with E-state index < -0.39 is 0 Å². The smallest absolute Gasteiger partial charge is 0.0427 e. The molecular weight excluding hydrogens is 240 g/mol. The van der Waals surface area contributed by atoms with Gasteiger partial charge in [0, 0.05) is 23.9 Å². The molecule has 0 aromatic rings. The molecule has 1 saturated heterocycles. The second-order valence-electron chi connectivity index (χ2n) is 7.35. The van der Waals surface area contributed by atoms with Crippen molar-refractivity contribution in [2.24, 2.45) is 17.1 Å². The maximum absolute atomic E-state index is 6.17. The summed E-state index contributed by atoms with van der Waals surface area (Å²) in [6.45, 7) is 12.5. The molecule has 0 amide bonds. The molecule has 1 heterocycles. The maximum Gasteiger partial charge on any atom is 0.0427 e. The number of hydrogen-bond donors (Lipinski definition) is 1. The lowest BCUT2D eigenvalue weighted by atomic mass is 9.78. The van der Waals surface area contributed by atoms with Crippen LogP contribution in [0.15, 0.2) is 0 Å². The van der Waals surface area contributed by atoms with Gasteiger partial charge >= 0.3 is 0 Å². The zero-order valence-corrected chi connectivity index (χ0v) is 13.9. The van der Waals surface area contributed by atoms with Crippen molar-refractivity contribution in [1.82, 2.24) is 4.90 Å². The van der Waals surface area contributed by atoms with E-state index in [0.717, 1.165) is 12.5 Å². The van der Waals surface area contributed by atoms with Crippen LogP contribution in [0.4, 0.5) is 0 Å². The first-order chi connectivity index (χ1) is 8.22.